The van der Waals surface area contributed by atoms with Crippen LogP contribution in [0, 0.1) is 5.92 Å². The summed E-state index contributed by atoms with van der Waals surface area (Å²) in [6, 6.07) is 1.71. The summed E-state index contributed by atoms with van der Waals surface area (Å²) in [5.41, 5.74) is 2.19. The highest BCUT2D eigenvalue weighted by Crippen LogP contribution is 2.46. The molecule has 1 aromatic rings. The molecule has 4 rings (SSSR count). The summed E-state index contributed by atoms with van der Waals surface area (Å²) in [6.07, 6.45) is 5.47. The number of hydrogen-bond acceptors (Lipinski definition) is 7. The van der Waals surface area contributed by atoms with Crippen LogP contribution in [0.3, 0.4) is 0 Å². The van der Waals surface area contributed by atoms with Gasteiger partial charge in [-0.15, -0.1) is 0 Å². The van der Waals surface area contributed by atoms with Crippen molar-refractivity contribution >= 4 is 38.9 Å². The smallest absolute Gasteiger partial charge is 0.258 e. The minimum absolute atomic E-state index is 0.0704. The number of carbonyl (C=O) groups is 2. The predicted molar refractivity (Wildman–Crippen MR) is 114 cm³/mol. The van der Waals surface area contributed by atoms with E-state index in [2.05, 4.69) is 10.0 Å². The van der Waals surface area contributed by atoms with Crippen molar-refractivity contribution in [2.75, 3.05) is 35.8 Å². The van der Waals surface area contributed by atoms with Crippen LogP contribution in [0.5, 0.6) is 5.75 Å². The van der Waals surface area contributed by atoms with Crippen LogP contribution in [0.2, 0.25) is 0 Å². The van der Waals surface area contributed by atoms with Gasteiger partial charge in [-0.2, -0.15) is 0 Å². The number of benzene rings is 1. The molecule has 2 aliphatic heterocycles. The molecule has 1 saturated heterocycles. The molecule has 10 heteroatoms. The molecule has 1 atom stereocenters. The highest BCUT2D eigenvalue weighted by Gasteiger charge is 2.37. The van der Waals surface area contributed by atoms with Crippen LogP contribution in [0.25, 0.3) is 0 Å². The van der Waals surface area contributed by atoms with Crippen LogP contribution in [-0.2, 0) is 26.2 Å². The van der Waals surface area contributed by atoms with E-state index in [0.717, 1.165) is 5.69 Å². The first kappa shape index (κ1) is 20.3. The molecule has 0 aromatic heterocycles. The lowest BCUT2D eigenvalue weighted by Crippen LogP contribution is -2.30. The van der Waals surface area contributed by atoms with E-state index in [1.165, 1.54) is 12.0 Å². The molecule has 30 heavy (non-hydrogen) atoms. The summed E-state index contributed by atoms with van der Waals surface area (Å²) >= 11 is 0. The fraction of sp³-hybridized carbons (Fsp3) is 0.400. The number of likely N-dealkylation sites (tertiary alicyclic amines) is 1. The maximum atomic E-state index is 12.9. The van der Waals surface area contributed by atoms with Gasteiger partial charge in [0.25, 0.3) is 10.0 Å². The van der Waals surface area contributed by atoms with E-state index in [4.69, 9.17) is 4.74 Å². The summed E-state index contributed by atoms with van der Waals surface area (Å²) in [5.74, 6) is -0.536. The average Bonchev–Trinajstić information content (AvgIpc) is 3.40. The van der Waals surface area contributed by atoms with Crippen LogP contribution in [0.15, 0.2) is 29.2 Å². The third-order valence-corrected chi connectivity index (χ3v) is 7.07. The van der Waals surface area contributed by atoms with E-state index >= 15 is 0 Å². The minimum Gasteiger partial charge on any atom is -0.494 e. The first-order chi connectivity index (χ1) is 14.2. The van der Waals surface area contributed by atoms with Crippen molar-refractivity contribution in [1.29, 1.82) is 0 Å². The highest BCUT2D eigenvalue weighted by molar-refractivity contribution is 7.96. The van der Waals surface area contributed by atoms with Gasteiger partial charge >= 0.3 is 0 Å². The van der Waals surface area contributed by atoms with E-state index in [0.29, 0.717) is 30.1 Å². The Labute approximate surface area is 175 Å². The van der Waals surface area contributed by atoms with Crippen LogP contribution < -0.4 is 19.7 Å². The molecule has 2 heterocycles. The molecule has 160 valence electrons. The van der Waals surface area contributed by atoms with Gasteiger partial charge in [0.15, 0.2) is 5.75 Å². The molecule has 0 spiro atoms. The number of nitrogens with one attached hydrogen (secondary N) is 2. The summed E-state index contributed by atoms with van der Waals surface area (Å²) < 4.78 is 34.1. The van der Waals surface area contributed by atoms with Gasteiger partial charge < -0.3 is 15.0 Å². The molecule has 0 saturated carbocycles. The van der Waals surface area contributed by atoms with Crippen molar-refractivity contribution in [2.45, 2.75) is 26.3 Å². The van der Waals surface area contributed by atoms with Gasteiger partial charge in [-0.1, -0.05) is 19.1 Å². The second kappa shape index (κ2) is 7.35. The van der Waals surface area contributed by atoms with Crippen molar-refractivity contribution in [2.24, 2.45) is 5.92 Å². The Balaban J connectivity index is 1.80. The molecule has 0 radical (unpaired) electrons. The van der Waals surface area contributed by atoms with Gasteiger partial charge in [0, 0.05) is 31.4 Å². The Morgan fingerprint density at radius 1 is 1.33 bits per heavy atom. The number of ether oxygens (including phenoxy) is 1. The van der Waals surface area contributed by atoms with Crippen molar-refractivity contribution in [3.8, 4) is 5.75 Å². The fourth-order valence-corrected chi connectivity index (χ4v) is 5.10. The quantitative estimate of drug-likeness (QED) is 0.662. The third kappa shape index (κ3) is 3.30. The predicted octanol–water partition coefficient (Wildman–Crippen LogP) is 1.99. The first-order valence-electron chi connectivity index (χ1n) is 9.64. The number of imide groups is 1. The average molecular weight is 433 g/mol. The molecule has 1 fully saturated rings. The summed E-state index contributed by atoms with van der Waals surface area (Å²) in [7, 11) is -0.448. The fourth-order valence-electron chi connectivity index (χ4n) is 3.92. The lowest BCUT2D eigenvalue weighted by atomic mass is 10.1. The highest BCUT2D eigenvalue weighted by atomic mass is 32.2. The molecule has 1 unspecified atom stereocenters. The zero-order chi connectivity index (χ0) is 21.6. The molecule has 9 nitrogen and oxygen atoms in total. The largest absolute Gasteiger partial charge is 0.494 e. The van der Waals surface area contributed by atoms with Gasteiger partial charge in [-0.25, -0.2) is 8.42 Å². The van der Waals surface area contributed by atoms with Crippen molar-refractivity contribution in [3.63, 3.8) is 0 Å². The Bertz CT molecular complexity index is 1090. The van der Waals surface area contributed by atoms with Gasteiger partial charge in [0.05, 0.1) is 36.6 Å². The Hall–Kier alpha value is -3.01. The van der Waals surface area contributed by atoms with Crippen molar-refractivity contribution in [1.82, 2.24) is 4.90 Å². The minimum atomic E-state index is -3.80. The molecule has 1 aliphatic carbocycles. The number of amides is 2. The normalized spacial score (nSPS) is 20.5. The SMILES string of the molecule is COc1c(CN2C(=O)CC(C)C2=O)c(NS(=O)(=O)C2=CC=CC2)cc2c1NCN2C. The number of nitrogens with zero attached hydrogens (tertiary/aromatic N) is 2. The van der Waals surface area contributed by atoms with Crippen LogP contribution >= 0.6 is 0 Å². The lowest BCUT2D eigenvalue weighted by molar-refractivity contribution is -0.139. The molecule has 1 aromatic carbocycles. The molecule has 2 amide bonds. The van der Waals surface area contributed by atoms with Crippen molar-refractivity contribution in [3.05, 3.63) is 34.8 Å². The lowest BCUT2D eigenvalue weighted by Gasteiger charge is -2.23. The van der Waals surface area contributed by atoms with Gasteiger partial charge in [-0.05, 0) is 12.1 Å². The van der Waals surface area contributed by atoms with Crippen molar-refractivity contribution < 1.29 is 22.7 Å². The summed E-state index contributed by atoms with van der Waals surface area (Å²) in [6.45, 7) is 2.16. The first-order valence-corrected chi connectivity index (χ1v) is 11.1. The number of sulfonamides is 1. The van der Waals surface area contributed by atoms with E-state index < -0.39 is 15.9 Å². The molecular formula is C20H24N4O5S. The Morgan fingerprint density at radius 2 is 2.10 bits per heavy atom. The van der Waals surface area contributed by atoms with E-state index in [9.17, 15) is 18.0 Å². The summed E-state index contributed by atoms with van der Waals surface area (Å²) in [5, 5.41) is 3.23. The molecule has 2 N–H and O–H groups in total. The molecular weight excluding hydrogens is 408 g/mol. The second-order valence-electron chi connectivity index (χ2n) is 7.66. The number of fused-ring (bicyclic) bond motifs is 1. The zero-order valence-electron chi connectivity index (χ0n) is 17.1. The Morgan fingerprint density at radius 3 is 2.70 bits per heavy atom. The van der Waals surface area contributed by atoms with Crippen LogP contribution in [-0.4, -0.2) is 46.0 Å². The van der Waals surface area contributed by atoms with Gasteiger partial charge in [0.2, 0.25) is 11.8 Å². The number of hydrogen-bond donors (Lipinski definition) is 2. The third-order valence-electron chi connectivity index (χ3n) is 5.58. The summed E-state index contributed by atoms with van der Waals surface area (Å²) in [4.78, 5) is 28.2. The number of carbonyl (C=O) groups excluding carboxylic acids is 2. The van der Waals surface area contributed by atoms with Crippen LogP contribution in [0.4, 0.5) is 17.1 Å². The standard InChI is InChI=1S/C20H24N4O5S/c1-12-8-17(25)24(20(12)26)10-14-15(22-30(27,28)13-6-4-5-7-13)9-16-18(19(14)29-3)21-11-23(16)2/h4-6,9,12,21-22H,7-8,10-11H2,1-3H3. The monoisotopic (exact) mass is 432 g/mol. The number of methoxy groups -OCH3 is 1. The number of anilines is 3. The maximum absolute atomic E-state index is 12.9. The van der Waals surface area contributed by atoms with E-state index in [-0.39, 0.29) is 35.4 Å². The number of allylic oxidation sites excluding steroid dienone is 4. The van der Waals surface area contributed by atoms with E-state index in [1.807, 2.05) is 11.9 Å². The Kier molecular flexibility index (Phi) is 4.97. The number of rotatable bonds is 6. The van der Waals surface area contributed by atoms with Gasteiger partial charge in [-0.3, -0.25) is 19.2 Å². The molecule has 0 bridgehead atoms. The maximum Gasteiger partial charge on any atom is 0.258 e. The van der Waals surface area contributed by atoms with Gasteiger partial charge in [0.1, 0.15) is 5.69 Å². The second-order valence-corrected chi connectivity index (χ2v) is 9.39. The van der Waals surface area contributed by atoms with Crippen LogP contribution in [0.1, 0.15) is 25.3 Å². The van der Waals surface area contributed by atoms with E-state index in [1.54, 1.807) is 31.2 Å². The molecule has 3 aliphatic rings. The topological polar surface area (TPSA) is 108 Å². The zero-order valence-corrected chi connectivity index (χ0v) is 17.9.